The third-order valence-corrected chi connectivity index (χ3v) is 2.54. The minimum Gasteiger partial charge on any atom is -0.309 e. The Bertz CT molecular complexity index is 283. The van der Waals surface area contributed by atoms with Gasteiger partial charge in [-0.1, -0.05) is 57.5 Å². The molecule has 1 aromatic rings. The third-order valence-electron chi connectivity index (χ3n) is 2.54. The van der Waals surface area contributed by atoms with Gasteiger partial charge in [-0.05, 0) is 26.6 Å². The number of hydrogen-bond donors (Lipinski definition) is 0. The van der Waals surface area contributed by atoms with Crippen molar-refractivity contribution in [2.75, 3.05) is 20.6 Å². The zero-order chi connectivity index (χ0) is 12.8. The number of hydrogen-bond acceptors (Lipinski definition) is 1. The number of rotatable bonds is 3. The van der Waals surface area contributed by atoms with Crippen LogP contribution in [0.2, 0.25) is 0 Å². The van der Waals surface area contributed by atoms with Crippen LogP contribution in [0.5, 0.6) is 0 Å². The van der Waals surface area contributed by atoms with Gasteiger partial charge in [0.2, 0.25) is 0 Å². The van der Waals surface area contributed by atoms with E-state index in [0.717, 1.165) is 6.54 Å². The Kier molecular flexibility index (Phi) is 6.35. The second-order valence-corrected chi connectivity index (χ2v) is 4.99. The summed E-state index contributed by atoms with van der Waals surface area (Å²) in [5.41, 5.74) is 2.98. The van der Waals surface area contributed by atoms with Crippen LogP contribution < -0.4 is 0 Å². The van der Waals surface area contributed by atoms with Gasteiger partial charge in [0.05, 0.1) is 0 Å². The van der Waals surface area contributed by atoms with Gasteiger partial charge in [0.1, 0.15) is 0 Å². The first-order valence-electron chi connectivity index (χ1n) is 6.14. The predicted octanol–water partition coefficient (Wildman–Crippen LogP) is 3.86. The molecule has 0 N–H and O–H groups in total. The first kappa shape index (κ1) is 15.2. The molecule has 1 nitrogen and oxygen atoms in total. The van der Waals surface area contributed by atoms with Crippen LogP contribution in [0.15, 0.2) is 24.3 Å². The van der Waals surface area contributed by atoms with Crippen LogP contribution >= 0.6 is 0 Å². The lowest BCUT2D eigenvalue weighted by atomic mass is 9.84. The summed E-state index contributed by atoms with van der Waals surface area (Å²) in [7, 11) is 4.24. The van der Waals surface area contributed by atoms with Gasteiger partial charge in [-0.3, -0.25) is 0 Å². The van der Waals surface area contributed by atoms with Crippen molar-refractivity contribution in [3.05, 3.63) is 35.4 Å². The average Bonchev–Trinajstić information content (AvgIpc) is 2.19. The van der Waals surface area contributed by atoms with Crippen molar-refractivity contribution in [3.63, 3.8) is 0 Å². The van der Waals surface area contributed by atoms with Gasteiger partial charge < -0.3 is 4.90 Å². The summed E-state index contributed by atoms with van der Waals surface area (Å²) < 4.78 is 0. The van der Waals surface area contributed by atoms with Crippen LogP contribution in [0, 0.1) is 6.92 Å². The molecule has 0 spiro atoms. The maximum atomic E-state index is 2.29. The van der Waals surface area contributed by atoms with Crippen molar-refractivity contribution in [1.29, 1.82) is 0 Å². The van der Waals surface area contributed by atoms with Gasteiger partial charge in [-0.15, -0.1) is 0 Å². The molecule has 0 radical (unpaired) electrons. The Labute approximate surface area is 101 Å². The van der Waals surface area contributed by atoms with Crippen molar-refractivity contribution in [2.45, 2.75) is 40.0 Å². The van der Waals surface area contributed by atoms with E-state index in [-0.39, 0.29) is 5.41 Å². The molecular weight excluding hydrogens is 194 g/mol. The molecule has 92 valence electrons. The fourth-order valence-electron chi connectivity index (χ4n) is 1.89. The molecule has 0 saturated heterocycles. The van der Waals surface area contributed by atoms with Crippen molar-refractivity contribution < 1.29 is 0 Å². The van der Waals surface area contributed by atoms with E-state index in [2.05, 4.69) is 64.0 Å². The van der Waals surface area contributed by atoms with E-state index < -0.39 is 0 Å². The zero-order valence-corrected chi connectivity index (χ0v) is 12.0. The van der Waals surface area contributed by atoms with Gasteiger partial charge in [-0.2, -0.15) is 0 Å². The summed E-state index contributed by atoms with van der Waals surface area (Å²) >= 11 is 0. The van der Waals surface area contributed by atoms with E-state index in [0.29, 0.717) is 0 Å². The first-order valence-corrected chi connectivity index (χ1v) is 6.14. The van der Waals surface area contributed by atoms with Crippen LogP contribution in [-0.2, 0) is 5.41 Å². The molecular formula is C15H27N. The molecule has 16 heavy (non-hydrogen) atoms. The summed E-state index contributed by atoms with van der Waals surface area (Å²) in [6, 6.07) is 8.84. The van der Waals surface area contributed by atoms with Crippen molar-refractivity contribution in [2.24, 2.45) is 0 Å². The van der Waals surface area contributed by atoms with Crippen molar-refractivity contribution >= 4 is 0 Å². The minimum atomic E-state index is 0.233. The summed E-state index contributed by atoms with van der Waals surface area (Å²) in [5, 5.41) is 0. The van der Waals surface area contributed by atoms with E-state index in [1.165, 1.54) is 11.1 Å². The Morgan fingerprint density at radius 2 is 1.44 bits per heavy atom. The highest BCUT2D eigenvalue weighted by molar-refractivity contribution is 5.27. The molecule has 0 aliphatic heterocycles. The molecule has 0 amide bonds. The molecule has 1 rings (SSSR count). The van der Waals surface area contributed by atoms with Gasteiger partial charge in [0, 0.05) is 12.0 Å². The topological polar surface area (TPSA) is 3.24 Å². The van der Waals surface area contributed by atoms with Crippen LogP contribution in [0.3, 0.4) is 0 Å². The van der Waals surface area contributed by atoms with E-state index >= 15 is 0 Å². The second-order valence-electron chi connectivity index (χ2n) is 4.99. The predicted molar refractivity (Wildman–Crippen MR) is 74.1 cm³/mol. The number of aryl methyl sites for hydroxylation is 1. The summed E-state index contributed by atoms with van der Waals surface area (Å²) in [4.78, 5) is 2.24. The zero-order valence-electron chi connectivity index (χ0n) is 12.0. The molecule has 1 heteroatoms. The molecule has 0 aliphatic rings. The minimum absolute atomic E-state index is 0.233. The third kappa shape index (κ3) is 4.80. The fourth-order valence-corrected chi connectivity index (χ4v) is 1.89. The molecule has 1 aromatic carbocycles. The number of nitrogens with zero attached hydrogens (tertiary/aromatic N) is 1. The van der Waals surface area contributed by atoms with E-state index in [1.54, 1.807) is 0 Å². The van der Waals surface area contributed by atoms with Crippen molar-refractivity contribution in [3.8, 4) is 0 Å². The molecule has 0 fully saturated rings. The lowest BCUT2D eigenvalue weighted by Crippen LogP contribution is -2.32. The standard InChI is InChI=1S/C13H21N.C2H6/c1-11-6-8-12(9-7-11)13(2,3)10-14(4)5;1-2/h6-9H,10H2,1-5H3;1-2H3. The monoisotopic (exact) mass is 221 g/mol. The molecule has 0 unspecified atom stereocenters. The normalized spacial score (nSPS) is 11.0. The lowest BCUT2D eigenvalue weighted by Gasteiger charge is -2.28. The summed E-state index contributed by atoms with van der Waals surface area (Å²) in [6.07, 6.45) is 0. The molecule has 0 bridgehead atoms. The van der Waals surface area contributed by atoms with E-state index in [9.17, 15) is 0 Å². The van der Waals surface area contributed by atoms with Crippen LogP contribution in [0.1, 0.15) is 38.8 Å². The quantitative estimate of drug-likeness (QED) is 0.749. The highest BCUT2D eigenvalue weighted by Crippen LogP contribution is 2.23. The first-order chi connectivity index (χ1) is 7.42. The Morgan fingerprint density at radius 1 is 1.00 bits per heavy atom. The van der Waals surface area contributed by atoms with Crippen LogP contribution in [0.25, 0.3) is 0 Å². The van der Waals surface area contributed by atoms with Gasteiger partial charge >= 0.3 is 0 Å². The summed E-state index contributed by atoms with van der Waals surface area (Å²) in [5.74, 6) is 0. The Morgan fingerprint density at radius 3 is 1.81 bits per heavy atom. The number of likely N-dealkylation sites (N-methyl/N-ethyl adjacent to an activating group) is 1. The molecule has 0 atom stereocenters. The van der Waals surface area contributed by atoms with E-state index in [1.807, 2.05) is 13.8 Å². The number of benzene rings is 1. The highest BCUT2D eigenvalue weighted by atomic mass is 15.1. The summed E-state index contributed by atoms with van der Waals surface area (Å²) in [6.45, 7) is 11.8. The Balaban J connectivity index is 0.00000106. The largest absolute Gasteiger partial charge is 0.309 e. The van der Waals surface area contributed by atoms with Crippen LogP contribution in [0.4, 0.5) is 0 Å². The van der Waals surface area contributed by atoms with Gasteiger partial charge in [-0.25, -0.2) is 0 Å². The maximum Gasteiger partial charge on any atom is 0.00672 e. The van der Waals surface area contributed by atoms with Gasteiger partial charge in [0.15, 0.2) is 0 Å². The average molecular weight is 221 g/mol. The van der Waals surface area contributed by atoms with Gasteiger partial charge in [0.25, 0.3) is 0 Å². The fraction of sp³-hybridized carbons (Fsp3) is 0.600. The van der Waals surface area contributed by atoms with Crippen molar-refractivity contribution in [1.82, 2.24) is 4.90 Å². The lowest BCUT2D eigenvalue weighted by molar-refractivity contribution is 0.315. The molecule has 0 aliphatic carbocycles. The second kappa shape index (κ2) is 6.70. The highest BCUT2D eigenvalue weighted by Gasteiger charge is 2.20. The Hall–Kier alpha value is -0.820. The maximum absolute atomic E-state index is 2.29. The van der Waals surface area contributed by atoms with Crippen LogP contribution in [-0.4, -0.2) is 25.5 Å². The SMILES string of the molecule is CC.Cc1ccc(C(C)(C)CN(C)C)cc1. The molecule has 0 saturated carbocycles. The smallest absolute Gasteiger partial charge is 0.00672 e. The molecule has 0 aromatic heterocycles. The molecule has 0 heterocycles. The van der Waals surface area contributed by atoms with E-state index in [4.69, 9.17) is 0 Å².